The average molecular weight is 241 g/mol. The van der Waals surface area contributed by atoms with Crippen molar-refractivity contribution in [3.05, 3.63) is 29.6 Å². The summed E-state index contributed by atoms with van der Waals surface area (Å²) < 4.78 is 24.1. The Morgan fingerprint density at radius 2 is 2.12 bits per heavy atom. The van der Waals surface area contributed by atoms with Crippen molar-refractivity contribution in [3.8, 4) is 5.75 Å². The number of methoxy groups -OCH3 is 2. The third kappa shape index (κ3) is 3.68. The van der Waals surface area contributed by atoms with E-state index >= 15 is 0 Å². The fourth-order valence-electron chi connectivity index (χ4n) is 1.80. The van der Waals surface area contributed by atoms with Gasteiger partial charge in [0.1, 0.15) is 0 Å². The lowest BCUT2D eigenvalue weighted by Crippen LogP contribution is -2.23. The van der Waals surface area contributed by atoms with Crippen LogP contribution in [0.1, 0.15) is 24.9 Å². The largest absolute Gasteiger partial charge is 0.494 e. The molecule has 1 aromatic carbocycles. The highest BCUT2D eigenvalue weighted by Crippen LogP contribution is 2.26. The Morgan fingerprint density at radius 1 is 1.35 bits per heavy atom. The first-order valence-corrected chi connectivity index (χ1v) is 5.79. The van der Waals surface area contributed by atoms with E-state index < -0.39 is 0 Å². The van der Waals surface area contributed by atoms with E-state index in [-0.39, 0.29) is 17.6 Å². The van der Waals surface area contributed by atoms with Crippen LogP contribution in [0.15, 0.2) is 18.2 Å². The molecule has 0 saturated carbocycles. The van der Waals surface area contributed by atoms with Crippen LogP contribution >= 0.6 is 0 Å². The Bertz CT molecular complexity index is 344. The van der Waals surface area contributed by atoms with Crippen LogP contribution in [0.25, 0.3) is 0 Å². The molecular weight excluding hydrogens is 221 g/mol. The first-order chi connectivity index (χ1) is 8.24. The number of halogens is 1. The third-order valence-electron chi connectivity index (χ3n) is 2.65. The summed E-state index contributed by atoms with van der Waals surface area (Å²) in [5, 5.41) is 3.25. The second-order valence-electron chi connectivity index (χ2n) is 3.76. The highest BCUT2D eigenvalue weighted by atomic mass is 19.1. The second kappa shape index (κ2) is 7.25. The summed E-state index contributed by atoms with van der Waals surface area (Å²) in [6, 6.07) is 5.16. The molecular formula is C13H20FNO2. The van der Waals surface area contributed by atoms with E-state index in [9.17, 15) is 4.39 Å². The molecule has 0 bridgehead atoms. The minimum Gasteiger partial charge on any atom is -0.494 e. The summed E-state index contributed by atoms with van der Waals surface area (Å²) in [5.74, 6) is -0.0140. The molecule has 3 nitrogen and oxygen atoms in total. The van der Waals surface area contributed by atoms with Gasteiger partial charge in [-0.3, -0.25) is 0 Å². The first kappa shape index (κ1) is 13.9. The van der Waals surface area contributed by atoms with E-state index in [1.54, 1.807) is 25.3 Å². The van der Waals surface area contributed by atoms with Gasteiger partial charge in [0.25, 0.3) is 0 Å². The predicted octanol–water partition coefficient (Wildman–Crippen LogP) is 2.52. The van der Waals surface area contributed by atoms with E-state index in [1.807, 2.05) is 6.92 Å². The van der Waals surface area contributed by atoms with Crippen LogP contribution in [0, 0.1) is 5.82 Å². The lowest BCUT2D eigenvalue weighted by Gasteiger charge is -2.19. The maximum absolute atomic E-state index is 14.1. The van der Waals surface area contributed by atoms with Crippen LogP contribution in [0.4, 0.5) is 4.39 Å². The zero-order valence-corrected chi connectivity index (χ0v) is 10.6. The number of rotatable bonds is 7. The number of benzene rings is 1. The first-order valence-electron chi connectivity index (χ1n) is 5.79. The SMILES string of the molecule is CCNC(CCOC)c1cccc(OC)c1F. The lowest BCUT2D eigenvalue weighted by molar-refractivity contribution is 0.182. The van der Waals surface area contributed by atoms with Crippen molar-refractivity contribution in [3.63, 3.8) is 0 Å². The minimum absolute atomic E-state index is 0.0463. The van der Waals surface area contributed by atoms with E-state index in [0.29, 0.717) is 12.2 Å². The maximum atomic E-state index is 14.1. The molecule has 0 aliphatic heterocycles. The molecule has 0 aliphatic rings. The molecule has 0 amide bonds. The summed E-state index contributed by atoms with van der Waals surface area (Å²) in [7, 11) is 3.12. The van der Waals surface area contributed by atoms with Crippen LogP contribution in [0.2, 0.25) is 0 Å². The fraction of sp³-hybridized carbons (Fsp3) is 0.538. The van der Waals surface area contributed by atoms with Crippen LogP contribution in [-0.4, -0.2) is 27.4 Å². The van der Waals surface area contributed by atoms with Crippen molar-refractivity contribution in [1.29, 1.82) is 0 Å². The standard InChI is InChI=1S/C13H20FNO2/c1-4-15-11(8-9-16-2)10-6-5-7-12(17-3)13(10)14/h5-7,11,15H,4,8-9H2,1-3H3. The molecule has 0 heterocycles. The minimum atomic E-state index is -0.294. The van der Waals surface area contributed by atoms with Gasteiger partial charge in [-0.2, -0.15) is 0 Å². The average Bonchev–Trinajstić information content (AvgIpc) is 2.35. The highest BCUT2D eigenvalue weighted by molar-refractivity contribution is 5.33. The molecule has 4 heteroatoms. The molecule has 1 atom stereocenters. The molecule has 1 unspecified atom stereocenters. The lowest BCUT2D eigenvalue weighted by atomic mass is 10.0. The zero-order chi connectivity index (χ0) is 12.7. The third-order valence-corrected chi connectivity index (χ3v) is 2.65. The number of ether oxygens (including phenoxy) is 2. The van der Waals surface area contributed by atoms with Crippen LogP contribution in [0.5, 0.6) is 5.75 Å². The molecule has 0 saturated heterocycles. The van der Waals surface area contributed by atoms with Gasteiger partial charge in [-0.15, -0.1) is 0 Å². The molecule has 96 valence electrons. The molecule has 0 aliphatic carbocycles. The Hall–Kier alpha value is -1.13. The van der Waals surface area contributed by atoms with Crippen molar-refractivity contribution in [2.24, 2.45) is 0 Å². The summed E-state index contributed by atoms with van der Waals surface area (Å²) >= 11 is 0. The summed E-state index contributed by atoms with van der Waals surface area (Å²) in [6.07, 6.45) is 0.731. The van der Waals surface area contributed by atoms with E-state index in [2.05, 4.69) is 5.32 Å². The van der Waals surface area contributed by atoms with Crippen molar-refractivity contribution < 1.29 is 13.9 Å². The summed E-state index contributed by atoms with van der Waals surface area (Å²) in [4.78, 5) is 0. The van der Waals surface area contributed by atoms with Gasteiger partial charge >= 0.3 is 0 Å². The second-order valence-corrected chi connectivity index (χ2v) is 3.76. The summed E-state index contributed by atoms with van der Waals surface area (Å²) in [6.45, 7) is 3.37. The van der Waals surface area contributed by atoms with Crippen molar-refractivity contribution in [2.45, 2.75) is 19.4 Å². The van der Waals surface area contributed by atoms with Gasteiger partial charge in [0.05, 0.1) is 7.11 Å². The molecule has 0 radical (unpaired) electrons. The Labute approximate surface area is 102 Å². The van der Waals surface area contributed by atoms with Crippen LogP contribution < -0.4 is 10.1 Å². The molecule has 17 heavy (non-hydrogen) atoms. The monoisotopic (exact) mass is 241 g/mol. The Kier molecular flexibility index (Phi) is 5.94. The predicted molar refractivity (Wildman–Crippen MR) is 65.9 cm³/mol. The smallest absolute Gasteiger partial charge is 0.169 e. The van der Waals surface area contributed by atoms with Gasteiger partial charge in [0.15, 0.2) is 11.6 Å². The van der Waals surface area contributed by atoms with Gasteiger partial charge in [0.2, 0.25) is 0 Å². The van der Waals surface area contributed by atoms with E-state index in [0.717, 1.165) is 13.0 Å². The summed E-state index contributed by atoms with van der Waals surface area (Å²) in [5.41, 5.74) is 0.628. The van der Waals surface area contributed by atoms with E-state index in [4.69, 9.17) is 9.47 Å². The quantitative estimate of drug-likeness (QED) is 0.795. The number of hydrogen-bond donors (Lipinski definition) is 1. The van der Waals surface area contributed by atoms with Crippen molar-refractivity contribution >= 4 is 0 Å². The van der Waals surface area contributed by atoms with Crippen LogP contribution in [0.3, 0.4) is 0 Å². The van der Waals surface area contributed by atoms with Crippen molar-refractivity contribution in [1.82, 2.24) is 5.32 Å². The number of hydrogen-bond acceptors (Lipinski definition) is 3. The fourth-order valence-corrected chi connectivity index (χ4v) is 1.80. The van der Waals surface area contributed by atoms with Gasteiger partial charge in [-0.25, -0.2) is 4.39 Å². The van der Waals surface area contributed by atoms with Crippen LogP contribution in [-0.2, 0) is 4.74 Å². The molecule has 1 N–H and O–H groups in total. The van der Waals surface area contributed by atoms with Gasteiger partial charge in [-0.05, 0) is 19.0 Å². The Balaban J connectivity index is 2.92. The zero-order valence-electron chi connectivity index (χ0n) is 10.6. The molecule has 1 rings (SSSR count). The molecule has 0 spiro atoms. The molecule has 0 aromatic heterocycles. The Morgan fingerprint density at radius 3 is 2.71 bits per heavy atom. The molecule has 0 fully saturated rings. The van der Waals surface area contributed by atoms with E-state index in [1.165, 1.54) is 7.11 Å². The van der Waals surface area contributed by atoms with Gasteiger partial charge < -0.3 is 14.8 Å². The number of nitrogens with one attached hydrogen (secondary N) is 1. The highest BCUT2D eigenvalue weighted by Gasteiger charge is 2.17. The maximum Gasteiger partial charge on any atom is 0.169 e. The normalized spacial score (nSPS) is 12.5. The van der Waals surface area contributed by atoms with Crippen molar-refractivity contribution in [2.75, 3.05) is 27.4 Å². The van der Waals surface area contributed by atoms with Gasteiger partial charge in [-0.1, -0.05) is 19.1 Å². The molecule has 1 aromatic rings. The van der Waals surface area contributed by atoms with Gasteiger partial charge in [0, 0.05) is 25.3 Å². The topological polar surface area (TPSA) is 30.5 Å².